The number of nitrogens with one attached hydrogen (secondary N) is 1. The van der Waals surface area contributed by atoms with Crippen LogP contribution in [-0.4, -0.2) is 22.3 Å². The molecule has 0 aliphatic rings. The molecular formula is C8H12N6. The maximum absolute atomic E-state index is 8.42. The highest BCUT2D eigenvalue weighted by molar-refractivity contribution is 5.91. The molecule has 1 rings (SSSR count). The van der Waals surface area contributed by atoms with Crippen LogP contribution in [0.1, 0.15) is 6.92 Å². The SMILES string of the molecule is CCN=C(N)Nc1cnn(CC#N)c1. The van der Waals surface area contributed by atoms with Crippen LogP contribution in [0.2, 0.25) is 0 Å². The molecular weight excluding hydrogens is 180 g/mol. The Kier molecular flexibility index (Phi) is 3.49. The Hall–Kier alpha value is -2.03. The Morgan fingerprint density at radius 1 is 1.86 bits per heavy atom. The van der Waals surface area contributed by atoms with Crippen molar-refractivity contribution in [3.05, 3.63) is 12.4 Å². The number of nitriles is 1. The Labute approximate surface area is 82.0 Å². The van der Waals surface area contributed by atoms with Gasteiger partial charge in [0.25, 0.3) is 0 Å². The second-order valence-corrected chi connectivity index (χ2v) is 2.57. The van der Waals surface area contributed by atoms with Crippen LogP contribution in [0.5, 0.6) is 0 Å². The summed E-state index contributed by atoms with van der Waals surface area (Å²) in [7, 11) is 0. The monoisotopic (exact) mass is 192 g/mol. The Morgan fingerprint density at radius 2 is 2.64 bits per heavy atom. The Morgan fingerprint density at radius 3 is 3.29 bits per heavy atom. The predicted molar refractivity (Wildman–Crippen MR) is 53.6 cm³/mol. The molecule has 0 saturated carbocycles. The summed E-state index contributed by atoms with van der Waals surface area (Å²) in [5, 5.41) is 15.2. The van der Waals surface area contributed by atoms with Crippen LogP contribution in [0.25, 0.3) is 0 Å². The van der Waals surface area contributed by atoms with Gasteiger partial charge in [-0.15, -0.1) is 0 Å². The Balaban J connectivity index is 2.60. The lowest BCUT2D eigenvalue weighted by molar-refractivity contribution is 0.710. The van der Waals surface area contributed by atoms with E-state index in [9.17, 15) is 0 Å². The van der Waals surface area contributed by atoms with Gasteiger partial charge in [0.05, 0.1) is 18.0 Å². The van der Waals surface area contributed by atoms with Gasteiger partial charge in [0.15, 0.2) is 5.96 Å². The van der Waals surface area contributed by atoms with Crippen molar-refractivity contribution in [3.8, 4) is 6.07 Å². The summed E-state index contributed by atoms with van der Waals surface area (Å²) < 4.78 is 1.52. The lowest BCUT2D eigenvalue weighted by Gasteiger charge is -1.99. The average Bonchev–Trinajstić information content (AvgIpc) is 2.53. The molecule has 0 atom stereocenters. The summed E-state index contributed by atoms with van der Waals surface area (Å²) in [6, 6.07) is 1.99. The van der Waals surface area contributed by atoms with Gasteiger partial charge in [0.1, 0.15) is 6.54 Å². The zero-order chi connectivity index (χ0) is 10.4. The molecule has 0 fully saturated rings. The summed E-state index contributed by atoms with van der Waals surface area (Å²) in [6.07, 6.45) is 3.29. The van der Waals surface area contributed by atoms with E-state index in [4.69, 9.17) is 11.0 Å². The van der Waals surface area contributed by atoms with E-state index in [0.29, 0.717) is 12.5 Å². The van der Waals surface area contributed by atoms with E-state index in [1.165, 1.54) is 4.68 Å². The molecule has 6 heteroatoms. The molecule has 74 valence electrons. The lowest BCUT2D eigenvalue weighted by atomic mass is 10.5. The third-order valence-electron chi connectivity index (χ3n) is 1.47. The number of hydrogen-bond donors (Lipinski definition) is 2. The number of nitrogens with zero attached hydrogens (tertiary/aromatic N) is 4. The minimum absolute atomic E-state index is 0.229. The molecule has 0 aliphatic carbocycles. The smallest absolute Gasteiger partial charge is 0.193 e. The largest absolute Gasteiger partial charge is 0.370 e. The highest BCUT2D eigenvalue weighted by Crippen LogP contribution is 2.03. The quantitative estimate of drug-likeness (QED) is 0.526. The minimum Gasteiger partial charge on any atom is -0.370 e. The van der Waals surface area contributed by atoms with Gasteiger partial charge in [-0.2, -0.15) is 10.4 Å². The second-order valence-electron chi connectivity index (χ2n) is 2.57. The first-order valence-electron chi connectivity index (χ1n) is 4.22. The number of rotatable bonds is 3. The van der Waals surface area contributed by atoms with Crippen molar-refractivity contribution in [2.75, 3.05) is 11.9 Å². The van der Waals surface area contributed by atoms with Gasteiger partial charge in [-0.25, -0.2) is 0 Å². The summed E-state index contributed by atoms with van der Waals surface area (Å²) in [4.78, 5) is 3.96. The topological polar surface area (TPSA) is 92.0 Å². The maximum Gasteiger partial charge on any atom is 0.193 e. The van der Waals surface area contributed by atoms with E-state index in [2.05, 4.69) is 15.4 Å². The van der Waals surface area contributed by atoms with Crippen LogP contribution in [0.4, 0.5) is 5.69 Å². The number of aliphatic imine (C=N–C) groups is 1. The molecule has 0 bridgehead atoms. The highest BCUT2D eigenvalue weighted by atomic mass is 15.3. The van der Waals surface area contributed by atoms with Crippen molar-refractivity contribution >= 4 is 11.6 Å². The van der Waals surface area contributed by atoms with E-state index in [1.807, 2.05) is 13.0 Å². The molecule has 1 heterocycles. The van der Waals surface area contributed by atoms with Crippen LogP contribution in [0.3, 0.4) is 0 Å². The Bertz CT molecular complexity index is 358. The molecule has 0 amide bonds. The number of guanidine groups is 1. The van der Waals surface area contributed by atoms with Gasteiger partial charge in [0, 0.05) is 12.7 Å². The van der Waals surface area contributed by atoms with Gasteiger partial charge in [0.2, 0.25) is 0 Å². The predicted octanol–water partition coefficient (Wildman–Crippen LogP) is 0.153. The number of hydrogen-bond acceptors (Lipinski definition) is 3. The van der Waals surface area contributed by atoms with Gasteiger partial charge < -0.3 is 11.1 Å². The van der Waals surface area contributed by atoms with Crippen LogP contribution in [0.15, 0.2) is 17.4 Å². The first kappa shape index (κ1) is 10.1. The maximum atomic E-state index is 8.42. The molecule has 0 spiro atoms. The van der Waals surface area contributed by atoms with Crippen molar-refractivity contribution in [1.29, 1.82) is 5.26 Å². The number of aromatic nitrogens is 2. The zero-order valence-corrected chi connectivity index (χ0v) is 7.94. The normalized spacial score (nSPS) is 11.0. The highest BCUT2D eigenvalue weighted by Gasteiger charge is 1.98. The summed E-state index contributed by atoms with van der Waals surface area (Å²) in [6.45, 7) is 2.76. The van der Waals surface area contributed by atoms with Crippen molar-refractivity contribution in [1.82, 2.24) is 9.78 Å². The van der Waals surface area contributed by atoms with E-state index >= 15 is 0 Å². The molecule has 6 nitrogen and oxygen atoms in total. The molecule has 0 aliphatic heterocycles. The summed E-state index contributed by atoms with van der Waals surface area (Å²) in [5.41, 5.74) is 6.27. The van der Waals surface area contributed by atoms with E-state index in [-0.39, 0.29) is 6.54 Å². The average molecular weight is 192 g/mol. The van der Waals surface area contributed by atoms with E-state index in [1.54, 1.807) is 12.4 Å². The van der Waals surface area contributed by atoms with E-state index in [0.717, 1.165) is 5.69 Å². The van der Waals surface area contributed by atoms with Crippen LogP contribution >= 0.6 is 0 Å². The fourth-order valence-electron chi connectivity index (χ4n) is 0.945. The number of nitrogens with two attached hydrogens (primary N) is 1. The summed E-state index contributed by atoms with van der Waals surface area (Å²) >= 11 is 0. The molecule has 0 unspecified atom stereocenters. The molecule has 0 radical (unpaired) electrons. The molecule has 1 aromatic heterocycles. The molecule has 3 N–H and O–H groups in total. The zero-order valence-electron chi connectivity index (χ0n) is 7.94. The molecule has 0 saturated heterocycles. The van der Waals surface area contributed by atoms with Crippen molar-refractivity contribution < 1.29 is 0 Å². The van der Waals surface area contributed by atoms with Crippen LogP contribution in [0, 0.1) is 11.3 Å². The fourth-order valence-corrected chi connectivity index (χ4v) is 0.945. The van der Waals surface area contributed by atoms with Crippen LogP contribution < -0.4 is 11.1 Å². The first-order chi connectivity index (χ1) is 6.76. The molecule has 1 aromatic rings. The molecule has 14 heavy (non-hydrogen) atoms. The van der Waals surface area contributed by atoms with Crippen LogP contribution in [-0.2, 0) is 6.54 Å². The minimum atomic E-state index is 0.229. The van der Waals surface area contributed by atoms with Gasteiger partial charge >= 0.3 is 0 Å². The first-order valence-corrected chi connectivity index (χ1v) is 4.22. The van der Waals surface area contributed by atoms with E-state index < -0.39 is 0 Å². The van der Waals surface area contributed by atoms with Gasteiger partial charge in [-0.3, -0.25) is 9.67 Å². The standard InChI is InChI=1S/C8H12N6/c1-2-11-8(10)13-7-5-12-14(6-7)4-3-9/h5-6H,2,4H2,1H3,(H3,10,11,13). The molecule has 0 aromatic carbocycles. The third-order valence-corrected chi connectivity index (χ3v) is 1.47. The van der Waals surface area contributed by atoms with Crippen molar-refractivity contribution in [3.63, 3.8) is 0 Å². The third kappa shape index (κ3) is 2.79. The van der Waals surface area contributed by atoms with Crippen molar-refractivity contribution in [2.24, 2.45) is 10.7 Å². The van der Waals surface area contributed by atoms with Gasteiger partial charge in [-0.1, -0.05) is 0 Å². The fraction of sp³-hybridized carbons (Fsp3) is 0.375. The lowest BCUT2D eigenvalue weighted by Crippen LogP contribution is -2.22. The van der Waals surface area contributed by atoms with Crippen molar-refractivity contribution in [2.45, 2.75) is 13.5 Å². The van der Waals surface area contributed by atoms with Gasteiger partial charge in [-0.05, 0) is 6.92 Å². The number of anilines is 1. The summed E-state index contributed by atoms with van der Waals surface area (Å²) in [5.74, 6) is 0.351. The second kappa shape index (κ2) is 4.87.